The lowest BCUT2D eigenvalue weighted by Crippen LogP contribution is -2.25. The molecule has 0 aliphatic heterocycles. The Kier molecular flexibility index (Phi) is 2.83. The molecule has 2 rings (SSSR count). The molecule has 1 atom stereocenters. The number of fused-ring (bicyclic) bond motifs is 1. The monoisotopic (exact) mass is 236 g/mol. The lowest BCUT2D eigenvalue weighted by molar-refractivity contribution is 0.0567. The van der Waals surface area contributed by atoms with Crippen LogP contribution < -0.4 is 5.84 Å². The van der Waals surface area contributed by atoms with Gasteiger partial charge in [0.1, 0.15) is 5.82 Å². The van der Waals surface area contributed by atoms with E-state index in [4.69, 9.17) is 5.84 Å². The Bertz CT molecular complexity index is 546. The number of hydrogen-bond donors (Lipinski definition) is 2. The zero-order valence-electron chi connectivity index (χ0n) is 10.1. The summed E-state index contributed by atoms with van der Waals surface area (Å²) >= 11 is 0. The Morgan fingerprint density at radius 1 is 1.47 bits per heavy atom. The molecule has 0 saturated heterocycles. The van der Waals surface area contributed by atoms with E-state index in [9.17, 15) is 9.50 Å². The first-order valence-corrected chi connectivity index (χ1v) is 5.70. The van der Waals surface area contributed by atoms with Gasteiger partial charge in [-0.05, 0) is 37.1 Å². The van der Waals surface area contributed by atoms with Crippen LogP contribution in [0, 0.1) is 5.82 Å². The quantitative estimate of drug-likeness (QED) is 0.803. The van der Waals surface area contributed by atoms with Crippen LogP contribution in [-0.4, -0.2) is 15.4 Å². The van der Waals surface area contributed by atoms with Crippen molar-refractivity contribution in [1.82, 2.24) is 4.68 Å². The summed E-state index contributed by atoms with van der Waals surface area (Å²) in [5.41, 5.74) is 0.850. The highest BCUT2D eigenvalue weighted by Gasteiger charge is 2.21. The molecule has 0 radical (unpaired) electrons. The zero-order valence-corrected chi connectivity index (χ0v) is 10.1. The highest BCUT2D eigenvalue weighted by molar-refractivity contribution is 5.84. The van der Waals surface area contributed by atoms with E-state index in [1.807, 2.05) is 6.92 Å². The maximum atomic E-state index is 13.2. The van der Waals surface area contributed by atoms with Crippen LogP contribution in [0.4, 0.5) is 4.39 Å². The first-order chi connectivity index (χ1) is 7.93. The summed E-state index contributed by atoms with van der Waals surface area (Å²) in [6, 6.07) is 4.49. The summed E-state index contributed by atoms with van der Waals surface area (Å²) < 4.78 is 14.7. The summed E-state index contributed by atoms with van der Waals surface area (Å²) in [5, 5.41) is 10.8. The van der Waals surface area contributed by atoms with Crippen LogP contribution in [0.1, 0.15) is 25.8 Å². The Labute approximate surface area is 99.6 Å². The van der Waals surface area contributed by atoms with Gasteiger partial charge in [-0.15, -0.1) is 0 Å². The molecular weight excluding hydrogens is 219 g/mol. The van der Waals surface area contributed by atoms with Gasteiger partial charge in [0.2, 0.25) is 0 Å². The topological polar surface area (TPSA) is 51.2 Å². The van der Waals surface area contributed by atoms with Gasteiger partial charge < -0.3 is 10.9 Å². The lowest BCUT2D eigenvalue weighted by Gasteiger charge is -2.20. The summed E-state index contributed by atoms with van der Waals surface area (Å²) in [4.78, 5) is 0. The van der Waals surface area contributed by atoms with Crippen molar-refractivity contribution in [3.8, 4) is 0 Å². The number of hydrogen-bond acceptors (Lipinski definition) is 2. The van der Waals surface area contributed by atoms with Crippen LogP contribution in [0.15, 0.2) is 24.4 Å². The van der Waals surface area contributed by atoms with E-state index in [-0.39, 0.29) is 5.82 Å². The largest absolute Gasteiger partial charge is 0.390 e. The number of aromatic nitrogens is 1. The summed E-state index contributed by atoms with van der Waals surface area (Å²) in [6.45, 7) is 3.69. The third-order valence-corrected chi connectivity index (χ3v) is 3.21. The molecule has 4 heteroatoms. The molecule has 0 spiro atoms. The number of nitrogen functional groups attached to an aromatic ring is 1. The molecular formula is C13H17FN2O. The van der Waals surface area contributed by atoms with Gasteiger partial charge in [0.25, 0.3) is 0 Å². The van der Waals surface area contributed by atoms with Gasteiger partial charge >= 0.3 is 0 Å². The van der Waals surface area contributed by atoms with Crippen molar-refractivity contribution >= 4 is 10.9 Å². The lowest BCUT2D eigenvalue weighted by atomic mass is 9.94. The Morgan fingerprint density at radius 3 is 2.82 bits per heavy atom. The van der Waals surface area contributed by atoms with E-state index < -0.39 is 5.60 Å². The first-order valence-electron chi connectivity index (χ1n) is 5.70. The van der Waals surface area contributed by atoms with Gasteiger partial charge in [-0.3, -0.25) is 4.68 Å². The fourth-order valence-corrected chi connectivity index (χ4v) is 1.97. The predicted molar refractivity (Wildman–Crippen MR) is 66.7 cm³/mol. The van der Waals surface area contributed by atoms with Crippen LogP contribution in [0.3, 0.4) is 0 Å². The van der Waals surface area contributed by atoms with Gasteiger partial charge in [-0.1, -0.05) is 6.92 Å². The van der Waals surface area contributed by atoms with Crippen molar-refractivity contribution in [3.05, 3.63) is 35.8 Å². The first kappa shape index (κ1) is 11.9. The molecule has 0 amide bonds. The standard InChI is InChI=1S/C13H17FN2O/c1-3-13(2,17)7-9-8-16(15)12-5-4-10(14)6-11(9)12/h4-6,8,17H,3,7,15H2,1-2H3. The third kappa shape index (κ3) is 2.26. The maximum Gasteiger partial charge on any atom is 0.123 e. The molecule has 0 saturated carbocycles. The minimum atomic E-state index is -0.791. The number of halogens is 1. The van der Waals surface area contributed by atoms with Crippen LogP contribution in [0.25, 0.3) is 10.9 Å². The van der Waals surface area contributed by atoms with Crippen LogP contribution in [0.5, 0.6) is 0 Å². The highest BCUT2D eigenvalue weighted by Crippen LogP contribution is 2.25. The van der Waals surface area contributed by atoms with Crippen LogP contribution in [-0.2, 0) is 6.42 Å². The van der Waals surface area contributed by atoms with Crippen molar-refractivity contribution in [3.63, 3.8) is 0 Å². The maximum absolute atomic E-state index is 13.2. The average Bonchev–Trinajstić information content (AvgIpc) is 2.55. The highest BCUT2D eigenvalue weighted by atomic mass is 19.1. The van der Waals surface area contributed by atoms with Gasteiger partial charge in [-0.25, -0.2) is 4.39 Å². The SMILES string of the molecule is CCC(C)(O)Cc1cn(N)c2ccc(F)cc12. The van der Waals surface area contributed by atoms with Crippen LogP contribution in [0.2, 0.25) is 0 Å². The molecule has 2 aromatic rings. The Hall–Kier alpha value is -1.55. The minimum Gasteiger partial charge on any atom is -0.390 e. The van der Waals surface area contributed by atoms with Crippen molar-refractivity contribution in [1.29, 1.82) is 0 Å². The molecule has 3 nitrogen and oxygen atoms in total. The second kappa shape index (κ2) is 4.04. The van der Waals surface area contributed by atoms with Gasteiger partial charge in [0.15, 0.2) is 0 Å². The van der Waals surface area contributed by atoms with E-state index in [1.165, 1.54) is 16.8 Å². The van der Waals surface area contributed by atoms with Gasteiger partial charge in [0.05, 0.1) is 11.1 Å². The second-order valence-electron chi connectivity index (χ2n) is 4.75. The molecule has 17 heavy (non-hydrogen) atoms. The van der Waals surface area contributed by atoms with Crippen molar-refractivity contribution in [2.45, 2.75) is 32.3 Å². The van der Waals surface area contributed by atoms with E-state index in [2.05, 4.69) is 0 Å². The molecule has 0 bridgehead atoms. The van der Waals surface area contributed by atoms with E-state index >= 15 is 0 Å². The van der Waals surface area contributed by atoms with E-state index in [1.54, 1.807) is 19.2 Å². The normalized spacial score (nSPS) is 15.1. The van der Waals surface area contributed by atoms with Crippen LogP contribution >= 0.6 is 0 Å². The van der Waals surface area contributed by atoms with Crippen molar-refractivity contribution in [2.24, 2.45) is 0 Å². The minimum absolute atomic E-state index is 0.291. The fraction of sp³-hybridized carbons (Fsp3) is 0.385. The molecule has 1 unspecified atom stereocenters. The third-order valence-electron chi connectivity index (χ3n) is 3.21. The smallest absolute Gasteiger partial charge is 0.123 e. The summed E-state index contributed by atoms with van der Waals surface area (Å²) in [5.74, 6) is 5.51. The van der Waals surface area contributed by atoms with Gasteiger partial charge in [0, 0.05) is 18.0 Å². The van der Waals surface area contributed by atoms with E-state index in [0.717, 1.165) is 16.5 Å². The van der Waals surface area contributed by atoms with Crippen molar-refractivity contribution in [2.75, 3.05) is 5.84 Å². The number of rotatable bonds is 3. The molecule has 0 aliphatic rings. The summed E-state index contributed by atoms with van der Waals surface area (Å²) in [7, 11) is 0. The number of aliphatic hydroxyl groups is 1. The molecule has 1 heterocycles. The summed E-state index contributed by atoms with van der Waals surface area (Å²) in [6.07, 6.45) is 2.85. The molecule has 92 valence electrons. The number of nitrogens with two attached hydrogens (primary N) is 1. The molecule has 1 aromatic carbocycles. The fourth-order valence-electron chi connectivity index (χ4n) is 1.97. The number of benzene rings is 1. The molecule has 0 aliphatic carbocycles. The molecule has 1 aromatic heterocycles. The van der Waals surface area contributed by atoms with Crippen molar-refractivity contribution < 1.29 is 9.50 Å². The Morgan fingerprint density at radius 2 is 2.18 bits per heavy atom. The zero-order chi connectivity index (χ0) is 12.6. The average molecular weight is 236 g/mol. The second-order valence-corrected chi connectivity index (χ2v) is 4.75. The predicted octanol–water partition coefficient (Wildman–Crippen LogP) is 2.20. The Balaban J connectivity index is 2.51. The molecule has 0 fully saturated rings. The van der Waals surface area contributed by atoms with Gasteiger partial charge in [-0.2, -0.15) is 0 Å². The number of nitrogens with zero attached hydrogens (tertiary/aromatic N) is 1. The van der Waals surface area contributed by atoms with E-state index in [0.29, 0.717) is 12.8 Å². The molecule has 3 N–H and O–H groups in total.